The lowest BCUT2D eigenvalue weighted by Gasteiger charge is -2.27. The molecule has 0 aromatic heterocycles. The Balaban J connectivity index is 1.68. The van der Waals surface area contributed by atoms with E-state index < -0.39 is 0 Å². The van der Waals surface area contributed by atoms with Crippen molar-refractivity contribution in [2.45, 2.75) is 6.92 Å². The normalized spacial score (nSPS) is 14.8. The lowest BCUT2D eigenvalue weighted by molar-refractivity contribution is 0.0948. The lowest BCUT2D eigenvalue weighted by Crippen LogP contribution is -2.46. The summed E-state index contributed by atoms with van der Waals surface area (Å²) in [5.41, 5.74) is 3.60. The van der Waals surface area contributed by atoms with Crippen LogP contribution in [0, 0.1) is 10.5 Å². The SMILES string of the molecule is Cc1cc(I)ccc1Nc1ccc(Br)cc1C(=O)NCCN1CCNCC1. The Kier molecular flexibility index (Phi) is 7.51. The number of nitrogens with one attached hydrogen (secondary N) is 3. The largest absolute Gasteiger partial charge is 0.355 e. The van der Waals surface area contributed by atoms with Gasteiger partial charge in [-0.3, -0.25) is 9.69 Å². The van der Waals surface area contributed by atoms with Gasteiger partial charge < -0.3 is 16.0 Å². The topological polar surface area (TPSA) is 56.4 Å². The van der Waals surface area contributed by atoms with Crippen LogP contribution >= 0.6 is 38.5 Å². The number of amides is 1. The van der Waals surface area contributed by atoms with Gasteiger partial charge in [0.25, 0.3) is 5.91 Å². The summed E-state index contributed by atoms with van der Waals surface area (Å²) >= 11 is 5.78. The highest BCUT2D eigenvalue weighted by Gasteiger charge is 2.14. The number of halogens is 2. The summed E-state index contributed by atoms with van der Waals surface area (Å²) in [5.74, 6) is -0.0582. The van der Waals surface area contributed by atoms with Gasteiger partial charge in [0.1, 0.15) is 0 Å². The minimum Gasteiger partial charge on any atom is -0.355 e. The molecule has 0 saturated carbocycles. The molecule has 5 nitrogen and oxygen atoms in total. The zero-order valence-electron chi connectivity index (χ0n) is 15.3. The number of nitrogens with zero attached hydrogens (tertiary/aromatic N) is 1. The van der Waals surface area contributed by atoms with Crippen molar-refractivity contribution in [3.05, 3.63) is 55.6 Å². The predicted octanol–water partition coefficient (Wildman–Crippen LogP) is 3.74. The van der Waals surface area contributed by atoms with E-state index in [0.717, 1.165) is 54.1 Å². The first-order valence-electron chi connectivity index (χ1n) is 9.07. The third-order valence-corrected chi connectivity index (χ3v) is 5.77. The molecule has 3 rings (SSSR count). The van der Waals surface area contributed by atoms with Crippen LogP contribution in [0.3, 0.4) is 0 Å². The van der Waals surface area contributed by atoms with Crippen LogP contribution in [0.15, 0.2) is 40.9 Å². The molecule has 7 heteroatoms. The van der Waals surface area contributed by atoms with Gasteiger partial charge in [0.15, 0.2) is 0 Å². The van der Waals surface area contributed by atoms with Crippen LogP contribution < -0.4 is 16.0 Å². The number of piperazine rings is 1. The van der Waals surface area contributed by atoms with E-state index >= 15 is 0 Å². The van der Waals surface area contributed by atoms with Crippen molar-refractivity contribution in [1.29, 1.82) is 0 Å². The van der Waals surface area contributed by atoms with E-state index in [1.807, 2.05) is 24.3 Å². The molecular weight excluding hydrogens is 519 g/mol. The van der Waals surface area contributed by atoms with Crippen molar-refractivity contribution in [1.82, 2.24) is 15.5 Å². The second kappa shape index (κ2) is 9.86. The summed E-state index contributed by atoms with van der Waals surface area (Å²) in [6, 6.07) is 12.0. The van der Waals surface area contributed by atoms with Gasteiger partial charge in [-0.2, -0.15) is 0 Å². The minimum absolute atomic E-state index is 0.0582. The average molecular weight is 543 g/mol. The van der Waals surface area contributed by atoms with Gasteiger partial charge in [-0.25, -0.2) is 0 Å². The van der Waals surface area contributed by atoms with Crippen molar-refractivity contribution >= 4 is 55.8 Å². The van der Waals surface area contributed by atoms with Crippen LogP contribution in [0.2, 0.25) is 0 Å². The molecule has 1 saturated heterocycles. The van der Waals surface area contributed by atoms with E-state index in [1.165, 1.54) is 3.57 Å². The molecule has 0 bridgehead atoms. The fraction of sp³-hybridized carbons (Fsp3) is 0.350. The lowest BCUT2D eigenvalue weighted by atomic mass is 10.1. The van der Waals surface area contributed by atoms with Gasteiger partial charge in [-0.15, -0.1) is 0 Å². The van der Waals surface area contributed by atoms with Crippen molar-refractivity contribution in [2.24, 2.45) is 0 Å². The first kappa shape index (κ1) is 20.6. The Hall–Kier alpha value is -1.16. The van der Waals surface area contributed by atoms with Crippen LogP contribution in [0.25, 0.3) is 0 Å². The molecule has 144 valence electrons. The molecule has 3 N–H and O–H groups in total. The summed E-state index contributed by atoms with van der Waals surface area (Å²) in [7, 11) is 0. The second-order valence-electron chi connectivity index (χ2n) is 6.62. The Morgan fingerprint density at radius 2 is 1.93 bits per heavy atom. The maximum Gasteiger partial charge on any atom is 0.253 e. The fourth-order valence-electron chi connectivity index (χ4n) is 3.08. The summed E-state index contributed by atoms with van der Waals surface area (Å²) < 4.78 is 2.08. The number of carbonyl (C=O) groups is 1. The number of hydrogen-bond acceptors (Lipinski definition) is 4. The van der Waals surface area contributed by atoms with Gasteiger partial charge in [0.2, 0.25) is 0 Å². The highest BCUT2D eigenvalue weighted by atomic mass is 127. The van der Waals surface area contributed by atoms with E-state index in [-0.39, 0.29) is 5.91 Å². The maximum absolute atomic E-state index is 12.8. The van der Waals surface area contributed by atoms with Crippen molar-refractivity contribution < 1.29 is 4.79 Å². The van der Waals surface area contributed by atoms with E-state index in [9.17, 15) is 4.79 Å². The standard InChI is InChI=1S/C20H24BrIN4O/c1-14-12-16(22)3-5-18(14)25-19-4-2-15(21)13-17(19)20(27)24-8-11-26-9-6-23-7-10-26/h2-5,12-13,23,25H,6-11H2,1H3,(H,24,27). The highest BCUT2D eigenvalue weighted by Crippen LogP contribution is 2.27. The maximum atomic E-state index is 12.8. The molecule has 0 atom stereocenters. The molecule has 2 aromatic carbocycles. The highest BCUT2D eigenvalue weighted by molar-refractivity contribution is 14.1. The van der Waals surface area contributed by atoms with E-state index in [0.29, 0.717) is 12.1 Å². The molecule has 2 aromatic rings. The summed E-state index contributed by atoms with van der Waals surface area (Å²) in [4.78, 5) is 15.2. The van der Waals surface area contributed by atoms with Crippen LogP contribution in [0.5, 0.6) is 0 Å². The molecule has 0 unspecified atom stereocenters. The Labute approximate surface area is 182 Å². The molecule has 1 aliphatic rings. The van der Waals surface area contributed by atoms with Crippen LogP contribution in [-0.2, 0) is 0 Å². The monoisotopic (exact) mass is 542 g/mol. The van der Waals surface area contributed by atoms with Gasteiger partial charge in [-0.1, -0.05) is 15.9 Å². The molecule has 0 spiro atoms. The molecule has 1 amide bonds. The third kappa shape index (κ3) is 5.91. The summed E-state index contributed by atoms with van der Waals surface area (Å²) in [5, 5.41) is 9.81. The number of aryl methyl sites for hydroxylation is 1. The molecule has 1 aliphatic heterocycles. The van der Waals surface area contributed by atoms with E-state index in [4.69, 9.17) is 0 Å². The Morgan fingerprint density at radius 3 is 2.67 bits per heavy atom. The number of anilines is 2. The minimum atomic E-state index is -0.0582. The van der Waals surface area contributed by atoms with Gasteiger partial charge >= 0.3 is 0 Å². The average Bonchev–Trinajstić information content (AvgIpc) is 2.66. The molecular formula is C20H24BrIN4O. The number of benzene rings is 2. The summed E-state index contributed by atoms with van der Waals surface area (Å²) in [6.07, 6.45) is 0. The number of hydrogen-bond donors (Lipinski definition) is 3. The van der Waals surface area contributed by atoms with Crippen LogP contribution in [-0.4, -0.2) is 50.1 Å². The molecule has 0 aliphatic carbocycles. The van der Waals surface area contributed by atoms with Crippen molar-refractivity contribution in [2.75, 3.05) is 44.6 Å². The molecule has 27 heavy (non-hydrogen) atoms. The number of carbonyl (C=O) groups excluding carboxylic acids is 1. The first-order chi connectivity index (χ1) is 13.0. The molecule has 1 heterocycles. The van der Waals surface area contributed by atoms with E-state index in [1.54, 1.807) is 0 Å². The van der Waals surface area contributed by atoms with Gasteiger partial charge in [0, 0.05) is 53.0 Å². The van der Waals surface area contributed by atoms with Crippen LogP contribution in [0.4, 0.5) is 11.4 Å². The second-order valence-corrected chi connectivity index (χ2v) is 8.78. The Bertz CT molecular complexity index is 809. The van der Waals surface area contributed by atoms with E-state index in [2.05, 4.69) is 78.4 Å². The quantitative estimate of drug-likeness (QED) is 0.487. The van der Waals surface area contributed by atoms with Gasteiger partial charge in [0.05, 0.1) is 11.3 Å². The Morgan fingerprint density at radius 1 is 1.19 bits per heavy atom. The number of rotatable bonds is 6. The fourth-order valence-corrected chi connectivity index (χ4v) is 4.09. The van der Waals surface area contributed by atoms with Crippen molar-refractivity contribution in [3.63, 3.8) is 0 Å². The first-order valence-corrected chi connectivity index (χ1v) is 10.9. The predicted molar refractivity (Wildman–Crippen MR) is 123 cm³/mol. The van der Waals surface area contributed by atoms with Crippen LogP contribution in [0.1, 0.15) is 15.9 Å². The zero-order valence-corrected chi connectivity index (χ0v) is 19.1. The molecule has 0 radical (unpaired) electrons. The molecule has 1 fully saturated rings. The zero-order chi connectivity index (χ0) is 19.2. The van der Waals surface area contributed by atoms with Gasteiger partial charge in [-0.05, 0) is 71.5 Å². The van der Waals surface area contributed by atoms with Crippen molar-refractivity contribution in [3.8, 4) is 0 Å². The smallest absolute Gasteiger partial charge is 0.253 e. The third-order valence-electron chi connectivity index (χ3n) is 4.61. The summed E-state index contributed by atoms with van der Waals surface area (Å²) in [6.45, 7) is 7.69.